The van der Waals surface area contributed by atoms with Gasteiger partial charge < -0.3 is 25.4 Å². The Morgan fingerprint density at radius 1 is 1.10 bits per heavy atom. The second kappa shape index (κ2) is 15.6. The van der Waals surface area contributed by atoms with Gasteiger partial charge in [-0.05, 0) is 67.7 Å². The van der Waals surface area contributed by atoms with Crippen molar-refractivity contribution in [1.82, 2.24) is 15.2 Å². The Balaban J connectivity index is 1.49. The lowest BCUT2D eigenvalue weighted by atomic mass is 9.92. The Bertz CT molecular complexity index is 1040. The molecule has 3 N–H and O–H groups in total. The van der Waals surface area contributed by atoms with Gasteiger partial charge in [0, 0.05) is 31.7 Å². The smallest absolute Gasteiger partial charge is 0.326 e. The minimum Gasteiger partial charge on any atom is -0.480 e. The van der Waals surface area contributed by atoms with Crippen LogP contribution in [0.5, 0.6) is 0 Å². The van der Waals surface area contributed by atoms with E-state index in [1.54, 1.807) is 0 Å². The molecule has 0 spiro atoms. The SMILES string of the molecule is CC(C)(C)CC(=O)NC(CCN(CCCCc1ccc2c(n1)NCCC2)CCOCc1ccccc1)C(=O)O. The van der Waals surface area contributed by atoms with Gasteiger partial charge in [0.05, 0.1) is 13.2 Å². The first-order valence-electron chi connectivity index (χ1n) is 14.3. The van der Waals surface area contributed by atoms with E-state index in [0.717, 1.165) is 62.3 Å². The number of benzene rings is 1. The van der Waals surface area contributed by atoms with Gasteiger partial charge in [0.1, 0.15) is 11.9 Å². The number of aryl methyl sites for hydroxylation is 2. The molecule has 1 atom stereocenters. The van der Waals surface area contributed by atoms with Crippen LogP contribution in [-0.4, -0.2) is 65.7 Å². The van der Waals surface area contributed by atoms with E-state index in [-0.39, 0.29) is 11.3 Å². The van der Waals surface area contributed by atoms with Crippen molar-refractivity contribution in [3.63, 3.8) is 0 Å². The molecule has 2 heterocycles. The van der Waals surface area contributed by atoms with E-state index in [1.165, 1.54) is 5.56 Å². The number of aromatic nitrogens is 1. The Kier molecular flexibility index (Phi) is 12.2. The van der Waals surface area contributed by atoms with E-state index in [9.17, 15) is 14.7 Å². The van der Waals surface area contributed by atoms with Crippen molar-refractivity contribution in [2.45, 2.75) is 78.4 Å². The fourth-order valence-corrected chi connectivity index (χ4v) is 4.74. The minimum absolute atomic E-state index is 0.196. The number of pyridine rings is 1. The molecule has 0 bridgehead atoms. The highest BCUT2D eigenvalue weighted by Gasteiger charge is 2.24. The number of carbonyl (C=O) groups is 2. The molecule has 8 heteroatoms. The lowest BCUT2D eigenvalue weighted by Gasteiger charge is -2.25. The zero-order chi connectivity index (χ0) is 28.1. The molecule has 8 nitrogen and oxygen atoms in total. The standard InChI is InChI=1S/C31H46N4O4/c1-31(2,3)22-28(36)34-27(30(37)38)16-19-35(20-21-39-23-24-10-5-4-6-11-24)18-8-7-13-26-15-14-25-12-9-17-32-29(25)33-26/h4-6,10-11,14-15,27H,7-9,12-13,16-23H2,1-3H3,(H,32,33)(H,34,36)(H,37,38). The van der Waals surface area contributed by atoms with Crippen LogP contribution in [0.4, 0.5) is 5.82 Å². The zero-order valence-electron chi connectivity index (χ0n) is 23.9. The molecule has 214 valence electrons. The molecule has 1 aromatic heterocycles. The first kappa shape index (κ1) is 30.6. The van der Waals surface area contributed by atoms with Gasteiger partial charge in [-0.15, -0.1) is 0 Å². The molecule has 1 unspecified atom stereocenters. The number of anilines is 1. The number of rotatable bonds is 16. The highest BCUT2D eigenvalue weighted by atomic mass is 16.5. The predicted octanol–water partition coefficient (Wildman–Crippen LogP) is 4.68. The van der Waals surface area contributed by atoms with E-state index >= 15 is 0 Å². The van der Waals surface area contributed by atoms with Gasteiger partial charge in [0.25, 0.3) is 0 Å². The number of nitrogens with one attached hydrogen (secondary N) is 2. The molecule has 1 amide bonds. The number of carboxylic acid groups (broad SMARTS) is 1. The Labute approximate surface area is 233 Å². The number of aliphatic carboxylic acids is 1. The summed E-state index contributed by atoms with van der Waals surface area (Å²) in [6.07, 6.45) is 5.76. The van der Waals surface area contributed by atoms with Crippen molar-refractivity contribution in [2.24, 2.45) is 5.41 Å². The van der Waals surface area contributed by atoms with Gasteiger partial charge in [-0.1, -0.05) is 57.2 Å². The molecule has 1 aromatic carbocycles. The summed E-state index contributed by atoms with van der Waals surface area (Å²) >= 11 is 0. The average molecular weight is 539 g/mol. The van der Waals surface area contributed by atoms with Crippen LogP contribution in [0.2, 0.25) is 0 Å². The molecular weight excluding hydrogens is 492 g/mol. The van der Waals surface area contributed by atoms with Crippen LogP contribution in [0.25, 0.3) is 0 Å². The van der Waals surface area contributed by atoms with E-state index in [1.807, 2.05) is 51.1 Å². The molecule has 0 aliphatic carbocycles. The number of carboxylic acids is 1. The molecule has 1 aliphatic rings. The zero-order valence-corrected chi connectivity index (χ0v) is 23.9. The number of nitrogens with zero attached hydrogens (tertiary/aromatic N) is 2. The molecule has 0 radical (unpaired) electrons. The third kappa shape index (κ3) is 11.8. The van der Waals surface area contributed by atoms with Crippen LogP contribution in [0, 0.1) is 5.41 Å². The maximum Gasteiger partial charge on any atom is 0.326 e. The summed E-state index contributed by atoms with van der Waals surface area (Å²) in [5.41, 5.74) is 3.34. The van der Waals surface area contributed by atoms with Gasteiger partial charge >= 0.3 is 5.97 Å². The van der Waals surface area contributed by atoms with Gasteiger partial charge in [0.15, 0.2) is 0 Å². The van der Waals surface area contributed by atoms with Crippen molar-refractivity contribution in [3.8, 4) is 0 Å². The Hall–Kier alpha value is -2.97. The maximum atomic E-state index is 12.4. The Morgan fingerprint density at radius 2 is 1.90 bits per heavy atom. The second-order valence-corrected chi connectivity index (χ2v) is 11.7. The number of fused-ring (bicyclic) bond motifs is 1. The van der Waals surface area contributed by atoms with E-state index < -0.39 is 12.0 Å². The summed E-state index contributed by atoms with van der Waals surface area (Å²) in [5, 5.41) is 15.9. The van der Waals surface area contributed by atoms with E-state index in [2.05, 4.69) is 27.7 Å². The monoisotopic (exact) mass is 538 g/mol. The fraction of sp³-hybridized carbons (Fsp3) is 0.581. The maximum absolute atomic E-state index is 12.4. The summed E-state index contributed by atoms with van der Waals surface area (Å²) in [7, 11) is 0. The summed E-state index contributed by atoms with van der Waals surface area (Å²) in [6, 6.07) is 13.5. The van der Waals surface area contributed by atoms with Crippen LogP contribution in [0.1, 0.15) is 69.7 Å². The first-order chi connectivity index (χ1) is 18.7. The largest absolute Gasteiger partial charge is 0.480 e. The second-order valence-electron chi connectivity index (χ2n) is 11.7. The number of unbranched alkanes of at least 4 members (excludes halogenated alkanes) is 1. The van der Waals surface area contributed by atoms with Crippen LogP contribution in [0.15, 0.2) is 42.5 Å². The fourth-order valence-electron chi connectivity index (χ4n) is 4.74. The van der Waals surface area contributed by atoms with Gasteiger partial charge in [-0.25, -0.2) is 9.78 Å². The summed E-state index contributed by atoms with van der Waals surface area (Å²) < 4.78 is 5.91. The van der Waals surface area contributed by atoms with E-state index in [4.69, 9.17) is 9.72 Å². The summed E-state index contributed by atoms with van der Waals surface area (Å²) in [6.45, 7) is 10.1. The number of hydrogen-bond donors (Lipinski definition) is 3. The molecule has 39 heavy (non-hydrogen) atoms. The first-order valence-corrected chi connectivity index (χ1v) is 14.3. The number of carbonyl (C=O) groups excluding carboxylic acids is 1. The number of amides is 1. The molecule has 3 rings (SSSR count). The molecule has 0 saturated carbocycles. The minimum atomic E-state index is -0.996. The molecule has 1 aliphatic heterocycles. The van der Waals surface area contributed by atoms with Crippen molar-refractivity contribution in [2.75, 3.05) is 38.1 Å². The van der Waals surface area contributed by atoms with Gasteiger partial charge in [-0.3, -0.25) is 4.79 Å². The van der Waals surface area contributed by atoms with Crippen molar-refractivity contribution in [1.29, 1.82) is 0 Å². The van der Waals surface area contributed by atoms with Gasteiger partial charge in [0.2, 0.25) is 5.91 Å². The van der Waals surface area contributed by atoms with Gasteiger partial charge in [-0.2, -0.15) is 0 Å². The number of ether oxygens (including phenoxy) is 1. The number of hydrogen-bond acceptors (Lipinski definition) is 6. The molecule has 2 aromatic rings. The normalized spacial score (nSPS) is 13.9. The lowest BCUT2D eigenvalue weighted by Crippen LogP contribution is -2.44. The third-order valence-electron chi connectivity index (χ3n) is 6.83. The summed E-state index contributed by atoms with van der Waals surface area (Å²) in [4.78, 5) is 31.3. The average Bonchev–Trinajstić information content (AvgIpc) is 2.90. The highest BCUT2D eigenvalue weighted by Crippen LogP contribution is 2.20. The van der Waals surface area contributed by atoms with Crippen LogP contribution >= 0.6 is 0 Å². The van der Waals surface area contributed by atoms with Crippen LogP contribution in [0.3, 0.4) is 0 Å². The van der Waals surface area contributed by atoms with Crippen molar-refractivity contribution < 1.29 is 19.4 Å². The topological polar surface area (TPSA) is 104 Å². The van der Waals surface area contributed by atoms with Crippen LogP contribution < -0.4 is 10.6 Å². The molecular formula is C31H46N4O4. The lowest BCUT2D eigenvalue weighted by molar-refractivity contribution is -0.142. The predicted molar refractivity (Wildman–Crippen MR) is 155 cm³/mol. The third-order valence-corrected chi connectivity index (χ3v) is 6.83. The Morgan fingerprint density at radius 3 is 2.64 bits per heavy atom. The highest BCUT2D eigenvalue weighted by molar-refractivity contribution is 5.83. The van der Waals surface area contributed by atoms with E-state index in [0.29, 0.717) is 39.1 Å². The van der Waals surface area contributed by atoms with Crippen molar-refractivity contribution >= 4 is 17.7 Å². The van der Waals surface area contributed by atoms with Crippen molar-refractivity contribution in [3.05, 3.63) is 59.3 Å². The van der Waals surface area contributed by atoms with Crippen LogP contribution in [-0.2, 0) is 33.8 Å². The quantitative estimate of drug-likeness (QED) is 0.267. The summed E-state index contributed by atoms with van der Waals surface area (Å²) in [5.74, 6) is -0.187. The molecule has 0 saturated heterocycles. The molecule has 0 fully saturated rings.